The van der Waals surface area contributed by atoms with E-state index in [1.54, 1.807) is 4.90 Å². The first-order valence-corrected chi connectivity index (χ1v) is 9.23. The van der Waals surface area contributed by atoms with Gasteiger partial charge in [0.15, 0.2) is 5.11 Å². The Morgan fingerprint density at radius 2 is 1.77 bits per heavy atom. The molecule has 3 aromatic rings. The highest BCUT2D eigenvalue weighted by atomic mass is 32.1. The van der Waals surface area contributed by atoms with Crippen LogP contribution in [0, 0.1) is 0 Å². The van der Waals surface area contributed by atoms with E-state index in [2.05, 4.69) is 35.9 Å². The van der Waals surface area contributed by atoms with Gasteiger partial charge in [0.05, 0.1) is 11.2 Å². The summed E-state index contributed by atoms with van der Waals surface area (Å²) in [5, 5.41) is 1.78. The van der Waals surface area contributed by atoms with Gasteiger partial charge in [0.2, 0.25) is 0 Å². The number of rotatable bonds is 1. The smallest absolute Gasteiger partial charge is 0.256 e. The Labute approximate surface area is 157 Å². The van der Waals surface area contributed by atoms with E-state index in [9.17, 15) is 4.79 Å². The summed E-state index contributed by atoms with van der Waals surface area (Å²) in [6, 6.07) is 17.7. The number of H-pyrrole nitrogens is 1. The number of hydrogen-bond acceptors (Lipinski definition) is 2. The van der Waals surface area contributed by atoms with Crippen molar-refractivity contribution in [1.82, 2.24) is 9.88 Å². The van der Waals surface area contributed by atoms with Gasteiger partial charge < -0.3 is 9.88 Å². The lowest BCUT2D eigenvalue weighted by atomic mass is 9.85. The van der Waals surface area contributed by atoms with Crippen molar-refractivity contribution >= 4 is 39.8 Å². The molecule has 3 heterocycles. The highest BCUT2D eigenvalue weighted by Crippen LogP contribution is 2.45. The fourth-order valence-corrected chi connectivity index (χ4v) is 5.02. The summed E-state index contributed by atoms with van der Waals surface area (Å²) < 4.78 is 0. The topological polar surface area (TPSA) is 39.3 Å². The van der Waals surface area contributed by atoms with Gasteiger partial charge in [-0.2, -0.15) is 0 Å². The van der Waals surface area contributed by atoms with Crippen molar-refractivity contribution in [1.29, 1.82) is 0 Å². The van der Waals surface area contributed by atoms with Crippen LogP contribution in [-0.4, -0.2) is 26.9 Å². The molecule has 4 nitrogen and oxygen atoms in total. The average molecular weight is 361 g/mol. The Balaban J connectivity index is 1.67. The third-order valence-electron chi connectivity index (χ3n) is 5.65. The molecular formula is C21H19N3OS. The third-order valence-corrected chi connectivity index (χ3v) is 6.03. The first-order chi connectivity index (χ1) is 12.5. The zero-order chi connectivity index (χ0) is 18.1. The van der Waals surface area contributed by atoms with Gasteiger partial charge >= 0.3 is 0 Å². The second-order valence-electron chi connectivity index (χ2n) is 7.46. The van der Waals surface area contributed by atoms with Crippen LogP contribution < -0.4 is 4.90 Å². The van der Waals surface area contributed by atoms with Crippen LogP contribution in [0.15, 0.2) is 54.6 Å². The van der Waals surface area contributed by atoms with E-state index in [-0.39, 0.29) is 17.5 Å². The van der Waals surface area contributed by atoms with E-state index >= 15 is 0 Å². The fourth-order valence-electron chi connectivity index (χ4n) is 4.46. The molecule has 1 N–H and O–H groups in total. The Kier molecular flexibility index (Phi) is 3.10. The summed E-state index contributed by atoms with van der Waals surface area (Å²) >= 11 is 5.77. The maximum Gasteiger partial charge on any atom is 0.256 e. The fraction of sp³-hybridized carbons (Fsp3) is 0.238. The Morgan fingerprint density at radius 3 is 2.54 bits per heavy atom. The number of anilines is 1. The maximum absolute atomic E-state index is 13.3. The molecule has 130 valence electrons. The van der Waals surface area contributed by atoms with Gasteiger partial charge in [-0.3, -0.25) is 9.69 Å². The number of aromatic nitrogens is 1. The molecule has 0 radical (unpaired) electrons. The summed E-state index contributed by atoms with van der Waals surface area (Å²) in [5.41, 5.74) is 3.96. The minimum absolute atomic E-state index is 0.0604. The standard InChI is InChI=1S/C21H19N3OS/c1-21(2)18-15(14-10-6-7-11-16(14)22-18)12-17-19(25)23(20(26)24(17)21)13-8-4-3-5-9-13/h3-11,17,22H,12H2,1-2H3/t17-/m0/s1. The molecule has 5 heteroatoms. The van der Waals surface area contributed by atoms with E-state index in [1.807, 2.05) is 42.5 Å². The summed E-state index contributed by atoms with van der Waals surface area (Å²) in [7, 11) is 0. The molecule has 2 aromatic carbocycles. The molecular weight excluding hydrogens is 342 g/mol. The molecule has 5 rings (SSSR count). The number of nitrogens with one attached hydrogen (secondary N) is 1. The van der Waals surface area contributed by atoms with Crippen LogP contribution in [-0.2, 0) is 16.8 Å². The Hall–Kier alpha value is -2.66. The Morgan fingerprint density at radius 1 is 1.08 bits per heavy atom. The van der Waals surface area contributed by atoms with Crippen LogP contribution in [0.2, 0.25) is 0 Å². The number of para-hydroxylation sites is 2. The number of fused-ring (bicyclic) bond motifs is 4. The number of thiocarbonyl (C=S) groups is 1. The van der Waals surface area contributed by atoms with E-state index < -0.39 is 0 Å². The summed E-state index contributed by atoms with van der Waals surface area (Å²) in [6.45, 7) is 4.28. The lowest BCUT2D eigenvalue weighted by Gasteiger charge is -2.43. The molecule has 1 fully saturated rings. The molecule has 1 amide bonds. The molecule has 0 spiro atoms. The minimum atomic E-state index is -0.381. The molecule has 0 aliphatic carbocycles. The molecule has 1 aromatic heterocycles. The zero-order valence-electron chi connectivity index (χ0n) is 14.7. The molecule has 0 unspecified atom stereocenters. The minimum Gasteiger partial charge on any atom is -0.356 e. The molecule has 2 aliphatic heterocycles. The summed E-state index contributed by atoms with van der Waals surface area (Å²) in [4.78, 5) is 20.7. The first-order valence-electron chi connectivity index (χ1n) is 8.82. The van der Waals surface area contributed by atoms with E-state index in [0.717, 1.165) is 16.9 Å². The van der Waals surface area contributed by atoms with Crippen LogP contribution in [0.3, 0.4) is 0 Å². The number of carbonyl (C=O) groups excluding carboxylic acids is 1. The van der Waals surface area contributed by atoms with Crippen molar-refractivity contribution in [3.05, 3.63) is 65.9 Å². The van der Waals surface area contributed by atoms with Gasteiger partial charge in [0.1, 0.15) is 6.04 Å². The lowest BCUT2D eigenvalue weighted by molar-refractivity contribution is -0.121. The van der Waals surface area contributed by atoms with Crippen molar-refractivity contribution in [2.45, 2.75) is 31.8 Å². The summed E-state index contributed by atoms with van der Waals surface area (Å²) in [6.07, 6.45) is 0.672. The van der Waals surface area contributed by atoms with E-state index in [1.165, 1.54) is 10.9 Å². The number of benzene rings is 2. The van der Waals surface area contributed by atoms with Gasteiger partial charge in [0.25, 0.3) is 5.91 Å². The number of hydrogen-bond donors (Lipinski definition) is 1. The second-order valence-corrected chi connectivity index (χ2v) is 7.83. The average Bonchev–Trinajstić information content (AvgIpc) is 3.13. The third kappa shape index (κ3) is 1.89. The van der Waals surface area contributed by atoms with E-state index in [4.69, 9.17) is 12.2 Å². The largest absolute Gasteiger partial charge is 0.356 e. The monoisotopic (exact) mass is 361 g/mol. The number of amides is 1. The number of aromatic amines is 1. The number of nitrogens with zero attached hydrogens (tertiary/aromatic N) is 2. The predicted molar refractivity (Wildman–Crippen MR) is 107 cm³/mol. The van der Waals surface area contributed by atoms with Gasteiger partial charge in [-0.25, -0.2) is 0 Å². The van der Waals surface area contributed by atoms with Crippen molar-refractivity contribution in [3.63, 3.8) is 0 Å². The first kappa shape index (κ1) is 15.6. The van der Waals surface area contributed by atoms with Crippen molar-refractivity contribution in [2.24, 2.45) is 0 Å². The Bertz CT molecular complexity index is 1050. The van der Waals surface area contributed by atoms with E-state index in [0.29, 0.717) is 11.5 Å². The van der Waals surface area contributed by atoms with Gasteiger partial charge in [-0.15, -0.1) is 0 Å². The quantitative estimate of drug-likeness (QED) is 0.667. The predicted octanol–water partition coefficient (Wildman–Crippen LogP) is 3.96. The molecule has 2 aliphatic rings. The molecule has 0 bridgehead atoms. The molecule has 1 atom stereocenters. The zero-order valence-corrected chi connectivity index (χ0v) is 15.5. The van der Waals surface area contributed by atoms with Gasteiger partial charge in [-0.1, -0.05) is 36.4 Å². The highest BCUT2D eigenvalue weighted by Gasteiger charge is 2.53. The molecule has 0 saturated carbocycles. The van der Waals surface area contributed by atoms with Crippen molar-refractivity contribution in [2.75, 3.05) is 4.90 Å². The highest BCUT2D eigenvalue weighted by molar-refractivity contribution is 7.80. The van der Waals surface area contributed by atoms with Crippen LogP contribution in [0.25, 0.3) is 10.9 Å². The SMILES string of the molecule is CC1(C)c2[nH]c3ccccc3c2C[C@H]2C(=O)N(c3ccccc3)C(=S)N21. The van der Waals surface area contributed by atoms with Gasteiger partial charge in [0, 0.05) is 23.0 Å². The van der Waals surface area contributed by atoms with Crippen LogP contribution in [0.1, 0.15) is 25.1 Å². The lowest BCUT2D eigenvalue weighted by Crippen LogP contribution is -2.52. The summed E-state index contributed by atoms with van der Waals surface area (Å²) in [5.74, 6) is 0.0604. The van der Waals surface area contributed by atoms with Crippen molar-refractivity contribution < 1.29 is 4.79 Å². The second kappa shape index (κ2) is 5.17. The number of carbonyl (C=O) groups is 1. The molecule has 26 heavy (non-hydrogen) atoms. The maximum atomic E-state index is 13.3. The van der Waals surface area contributed by atoms with Crippen LogP contribution in [0.4, 0.5) is 5.69 Å². The molecule has 1 saturated heterocycles. The van der Waals surface area contributed by atoms with Crippen molar-refractivity contribution in [3.8, 4) is 0 Å². The normalized spacial score (nSPS) is 21.2. The van der Waals surface area contributed by atoms with Crippen LogP contribution in [0.5, 0.6) is 0 Å². The van der Waals surface area contributed by atoms with Crippen LogP contribution >= 0.6 is 12.2 Å². The van der Waals surface area contributed by atoms with Gasteiger partial charge in [-0.05, 0) is 49.8 Å².